The van der Waals surface area contributed by atoms with E-state index in [1.165, 1.54) is 0 Å². The summed E-state index contributed by atoms with van der Waals surface area (Å²) in [6, 6.07) is 5.05. The van der Waals surface area contributed by atoms with Crippen molar-refractivity contribution in [2.45, 2.75) is 26.3 Å². The largest absolute Gasteiger partial charge is 0.497 e. The second-order valence-electron chi connectivity index (χ2n) is 3.58. The summed E-state index contributed by atoms with van der Waals surface area (Å²) >= 11 is 0. The average molecular weight is 207 g/mol. The highest BCUT2D eigenvalue weighted by atomic mass is 16.5. The van der Waals surface area contributed by atoms with Crippen LogP contribution < -0.4 is 10.5 Å². The number of hydrogen-bond donors (Lipinski definition) is 1. The maximum atomic E-state index is 11.7. The third-order valence-electron chi connectivity index (χ3n) is 2.31. The van der Waals surface area contributed by atoms with Crippen LogP contribution in [0.15, 0.2) is 18.2 Å². The number of methoxy groups -OCH3 is 1. The SMILES string of the molecule is CCc1cc(OC)cc(C(=O)C(C)N)c1. The van der Waals surface area contributed by atoms with E-state index in [-0.39, 0.29) is 5.78 Å². The van der Waals surface area contributed by atoms with E-state index < -0.39 is 6.04 Å². The summed E-state index contributed by atoms with van der Waals surface area (Å²) < 4.78 is 5.13. The highest BCUT2D eigenvalue weighted by Crippen LogP contribution is 2.18. The standard InChI is InChI=1S/C12H17NO2/c1-4-9-5-10(12(14)8(2)13)7-11(6-9)15-3/h5-8H,4,13H2,1-3H3. The zero-order valence-electron chi connectivity index (χ0n) is 9.41. The number of benzene rings is 1. The van der Waals surface area contributed by atoms with Crippen molar-refractivity contribution in [2.24, 2.45) is 5.73 Å². The van der Waals surface area contributed by atoms with Crippen LogP contribution >= 0.6 is 0 Å². The maximum Gasteiger partial charge on any atom is 0.179 e. The van der Waals surface area contributed by atoms with E-state index in [1.807, 2.05) is 19.1 Å². The summed E-state index contributed by atoms with van der Waals surface area (Å²) in [5, 5.41) is 0. The molecule has 15 heavy (non-hydrogen) atoms. The first-order valence-electron chi connectivity index (χ1n) is 5.06. The molecule has 1 unspecified atom stereocenters. The van der Waals surface area contributed by atoms with Gasteiger partial charge in [0, 0.05) is 5.56 Å². The Hall–Kier alpha value is -1.35. The van der Waals surface area contributed by atoms with Gasteiger partial charge in [-0.25, -0.2) is 0 Å². The van der Waals surface area contributed by atoms with Crippen molar-refractivity contribution in [3.63, 3.8) is 0 Å². The van der Waals surface area contributed by atoms with Gasteiger partial charge >= 0.3 is 0 Å². The molecule has 3 nitrogen and oxygen atoms in total. The second kappa shape index (κ2) is 4.94. The van der Waals surface area contributed by atoms with Crippen LogP contribution in [0.4, 0.5) is 0 Å². The minimum Gasteiger partial charge on any atom is -0.497 e. The molecule has 0 aliphatic carbocycles. The molecule has 0 aromatic heterocycles. The Bertz CT molecular complexity index is 336. The summed E-state index contributed by atoms with van der Waals surface area (Å²) in [6.45, 7) is 3.72. The molecule has 1 aromatic rings. The van der Waals surface area contributed by atoms with Crippen LogP contribution in [-0.4, -0.2) is 18.9 Å². The number of Topliss-reactive ketones (excluding diaryl/α,β-unsaturated/α-hetero) is 1. The smallest absolute Gasteiger partial charge is 0.179 e. The molecule has 0 spiro atoms. The van der Waals surface area contributed by atoms with Crippen molar-refractivity contribution in [1.82, 2.24) is 0 Å². The Morgan fingerprint density at radius 3 is 2.60 bits per heavy atom. The zero-order valence-corrected chi connectivity index (χ0v) is 9.41. The molecule has 0 aliphatic heterocycles. The van der Waals surface area contributed by atoms with Crippen LogP contribution in [0.2, 0.25) is 0 Å². The molecule has 1 atom stereocenters. The van der Waals surface area contributed by atoms with Gasteiger partial charge in [0.2, 0.25) is 0 Å². The van der Waals surface area contributed by atoms with Crippen molar-refractivity contribution >= 4 is 5.78 Å². The summed E-state index contributed by atoms with van der Waals surface area (Å²) in [5.74, 6) is 0.655. The van der Waals surface area contributed by atoms with E-state index in [1.54, 1.807) is 20.1 Å². The number of ether oxygens (including phenoxy) is 1. The van der Waals surface area contributed by atoms with Gasteiger partial charge in [0.1, 0.15) is 5.75 Å². The molecule has 0 aliphatic rings. The second-order valence-corrected chi connectivity index (χ2v) is 3.58. The first kappa shape index (κ1) is 11.7. The lowest BCUT2D eigenvalue weighted by atomic mass is 10.0. The number of hydrogen-bond acceptors (Lipinski definition) is 3. The summed E-state index contributed by atoms with van der Waals surface area (Å²) in [7, 11) is 1.59. The lowest BCUT2D eigenvalue weighted by Crippen LogP contribution is -2.26. The number of aryl methyl sites for hydroxylation is 1. The fourth-order valence-corrected chi connectivity index (χ4v) is 1.39. The summed E-state index contributed by atoms with van der Waals surface area (Å²) in [4.78, 5) is 11.7. The Kier molecular flexibility index (Phi) is 3.86. The molecule has 1 rings (SSSR count). The number of rotatable bonds is 4. The van der Waals surface area contributed by atoms with Gasteiger partial charge in [-0.05, 0) is 37.1 Å². The molecule has 0 heterocycles. The summed E-state index contributed by atoms with van der Waals surface area (Å²) in [6.07, 6.45) is 0.871. The van der Waals surface area contributed by atoms with Gasteiger partial charge in [0.05, 0.1) is 13.2 Å². The first-order valence-corrected chi connectivity index (χ1v) is 5.06. The van der Waals surface area contributed by atoms with Crippen LogP contribution in [0.5, 0.6) is 5.75 Å². The third-order valence-corrected chi connectivity index (χ3v) is 2.31. The first-order chi connectivity index (χ1) is 7.08. The van der Waals surface area contributed by atoms with Gasteiger partial charge in [0.25, 0.3) is 0 Å². The monoisotopic (exact) mass is 207 g/mol. The summed E-state index contributed by atoms with van der Waals surface area (Å²) in [5.41, 5.74) is 7.27. The van der Waals surface area contributed by atoms with Gasteiger partial charge in [0.15, 0.2) is 5.78 Å². The minimum atomic E-state index is -0.471. The lowest BCUT2D eigenvalue weighted by molar-refractivity contribution is 0.0967. The highest BCUT2D eigenvalue weighted by molar-refractivity contribution is 6.00. The van der Waals surface area contributed by atoms with E-state index >= 15 is 0 Å². The Morgan fingerprint density at radius 1 is 1.47 bits per heavy atom. The van der Waals surface area contributed by atoms with Crippen molar-refractivity contribution in [3.8, 4) is 5.75 Å². The minimum absolute atomic E-state index is 0.0522. The fourth-order valence-electron chi connectivity index (χ4n) is 1.39. The molecule has 0 amide bonds. The average Bonchev–Trinajstić information content (AvgIpc) is 2.27. The number of carbonyl (C=O) groups excluding carboxylic acids is 1. The van der Waals surface area contributed by atoms with Gasteiger partial charge in [-0.2, -0.15) is 0 Å². The molecule has 0 radical (unpaired) electrons. The number of nitrogens with two attached hydrogens (primary N) is 1. The van der Waals surface area contributed by atoms with Crippen molar-refractivity contribution < 1.29 is 9.53 Å². The Labute approximate surface area is 90.2 Å². The number of carbonyl (C=O) groups is 1. The molecule has 2 N–H and O–H groups in total. The molecular formula is C12H17NO2. The molecule has 0 bridgehead atoms. The van der Waals surface area contributed by atoms with Crippen LogP contribution in [0.3, 0.4) is 0 Å². The molecule has 0 saturated carbocycles. The molecule has 0 fully saturated rings. The Balaban J connectivity index is 3.12. The predicted octanol–water partition coefficient (Wildman–Crippen LogP) is 1.79. The van der Waals surface area contributed by atoms with Gasteiger partial charge < -0.3 is 10.5 Å². The van der Waals surface area contributed by atoms with E-state index in [0.29, 0.717) is 11.3 Å². The highest BCUT2D eigenvalue weighted by Gasteiger charge is 2.12. The van der Waals surface area contributed by atoms with Gasteiger partial charge in [-0.3, -0.25) is 4.79 Å². The molecule has 1 aromatic carbocycles. The van der Waals surface area contributed by atoms with Crippen LogP contribution in [0, 0.1) is 0 Å². The normalized spacial score (nSPS) is 12.3. The molecule has 82 valence electrons. The van der Waals surface area contributed by atoms with E-state index in [0.717, 1.165) is 12.0 Å². The molecule has 0 saturated heterocycles. The van der Waals surface area contributed by atoms with Crippen molar-refractivity contribution in [3.05, 3.63) is 29.3 Å². The lowest BCUT2D eigenvalue weighted by Gasteiger charge is -2.09. The van der Waals surface area contributed by atoms with Crippen molar-refractivity contribution in [1.29, 1.82) is 0 Å². The quantitative estimate of drug-likeness (QED) is 0.766. The van der Waals surface area contributed by atoms with E-state index in [4.69, 9.17) is 10.5 Å². The fraction of sp³-hybridized carbons (Fsp3) is 0.417. The maximum absolute atomic E-state index is 11.7. The Morgan fingerprint density at radius 2 is 2.13 bits per heavy atom. The molecule has 3 heteroatoms. The van der Waals surface area contributed by atoms with Crippen LogP contribution in [0.25, 0.3) is 0 Å². The van der Waals surface area contributed by atoms with E-state index in [2.05, 4.69) is 0 Å². The van der Waals surface area contributed by atoms with Gasteiger partial charge in [-0.1, -0.05) is 6.92 Å². The topological polar surface area (TPSA) is 52.3 Å². The van der Waals surface area contributed by atoms with Gasteiger partial charge in [-0.15, -0.1) is 0 Å². The molecular weight excluding hydrogens is 190 g/mol. The van der Waals surface area contributed by atoms with Crippen molar-refractivity contribution in [2.75, 3.05) is 7.11 Å². The number of ketones is 1. The third kappa shape index (κ3) is 2.80. The van der Waals surface area contributed by atoms with Crippen LogP contribution in [-0.2, 0) is 6.42 Å². The zero-order chi connectivity index (χ0) is 11.4. The predicted molar refractivity (Wildman–Crippen MR) is 60.4 cm³/mol. The van der Waals surface area contributed by atoms with E-state index in [9.17, 15) is 4.79 Å². The van der Waals surface area contributed by atoms with Crippen LogP contribution in [0.1, 0.15) is 29.8 Å².